The lowest BCUT2D eigenvalue weighted by Gasteiger charge is -2.07. The minimum absolute atomic E-state index is 0.0371. The molecular formula is C27H22N4O3. The van der Waals surface area contributed by atoms with Crippen LogP contribution in [0.2, 0.25) is 0 Å². The fourth-order valence-electron chi connectivity index (χ4n) is 3.84. The number of H-pyrrole nitrogens is 1. The van der Waals surface area contributed by atoms with E-state index in [1.807, 2.05) is 48.5 Å². The van der Waals surface area contributed by atoms with Gasteiger partial charge in [-0.1, -0.05) is 42.5 Å². The van der Waals surface area contributed by atoms with Crippen molar-refractivity contribution in [2.45, 2.75) is 25.9 Å². The molecule has 0 saturated carbocycles. The van der Waals surface area contributed by atoms with Gasteiger partial charge in [-0.15, -0.1) is 0 Å². The Hall–Kier alpha value is -4.39. The van der Waals surface area contributed by atoms with Crippen LogP contribution in [0.3, 0.4) is 0 Å². The molecule has 0 amide bonds. The number of aromatic nitrogens is 3. The highest BCUT2D eigenvalue weighted by molar-refractivity contribution is 6.15. The molecule has 0 fully saturated rings. The number of carbonyl (C=O) groups excluding carboxylic acids is 2. The molecule has 2 aromatic carbocycles. The van der Waals surface area contributed by atoms with Crippen LogP contribution in [0.5, 0.6) is 5.75 Å². The van der Waals surface area contributed by atoms with Gasteiger partial charge in [0.15, 0.2) is 11.6 Å². The highest BCUT2D eigenvalue weighted by Crippen LogP contribution is 2.21. The van der Waals surface area contributed by atoms with Crippen molar-refractivity contribution in [2.75, 3.05) is 0 Å². The minimum Gasteiger partial charge on any atom is -0.487 e. The van der Waals surface area contributed by atoms with Gasteiger partial charge in [-0.3, -0.25) is 19.6 Å². The third-order valence-electron chi connectivity index (χ3n) is 5.55. The van der Waals surface area contributed by atoms with E-state index in [2.05, 4.69) is 19.9 Å². The van der Waals surface area contributed by atoms with E-state index in [1.165, 1.54) is 6.20 Å². The summed E-state index contributed by atoms with van der Waals surface area (Å²) < 4.78 is 5.79. The molecule has 0 unspecified atom stereocenters. The number of rotatable bonds is 9. The monoisotopic (exact) mass is 450 g/mol. The molecule has 4 aromatic rings. The van der Waals surface area contributed by atoms with Gasteiger partial charge in [-0.05, 0) is 23.8 Å². The van der Waals surface area contributed by atoms with Crippen LogP contribution >= 0.6 is 0 Å². The van der Waals surface area contributed by atoms with E-state index in [0.717, 1.165) is 16.8 Å². The zero-order chi connectivity index (χ0) is 23.3. The standard InChI is InChI=1S/C27H22N4O3/c32-24(19-12-21(16-28-15-19)34-17-18-6-2-1-3-7-18)14-26-30-23-10-4-9-22(27(23)31-26)25(33)13-20-8-5-11-29-20/h1-7,9-12,15-16H,8,13-14,17H2,(H,30,31). The van der Waals surface area contributed by atoms with Gasteiger partial charge < -0.3 is 9.72 Å². The number of hydrogen-bond acceptors (Lipinski definition) is 6. The lowest BCUT2D eigenvalue weighted by Crippen LogP contribution is -2.07. The number of aliphatic imine (C=N–C) groups is 1. The molecule has 1 aliphatic heterocycles. The maximum atomic E-state index is 12.9. The smallest absolute Gasteiger partial charge is 0.172 e. The Bertz CT molecular complexity index is 1420. The average Bonchev–Trinajstić information content (AvgIpc) is 3.52. The first-order chi connectivity index (χ1) is 16.7. The maximum Gasteiger partial charge on any atom is 0.172 e. The molecule has 1 aliphatic rings. The Morgan fingerprint density at radius 3 is 2.68 bits per heavy atom. The van der Waals surface area contributed by atoms with E-state index in [0.29, 0.717) is 41.2 Å². The van der Waals surface area contributed by atoms with Gasteiger partial charge in [0.2, 0.25) is 0 Å². The zero-order valence-corrected chi connectivity index (χ0v) is 18.4. The SMILES string of the molecule is O=C(Cc1nc2c(C(=O)CC3=NC=CC3)cccc2[nH]1)c1cncc(OCc2ccccc2)c1. The molecule has 0 radical (unpaired) electrons. The van der Waals surface area contributed by atoms with Gasteiger partial charge in [0.05, 0.1) is 23.7 Å². The minimum atomic E-state index is -0.143. The number of benzene rings is 2. The number of carbonyl (C=O) groups is 2. The third kappa shape index (κ3) is 4.83. The van der Waals surface area contributed by atoms with Crippen LogP contribution in [-0.2, 0) is 13.0 Å². The Labute approximate surface area is 196 Å². The summed E-state index contributed by atoms with van der Waals surface area (Å²) in [7, 11) is 0. The molecule has 0 bridgehead atoms. The van der Waals surface area contributed by atoms with E-state index in [4.69, 9.17) is 4.74 Å². The van der Waals surface area contributed by atoms with Crippen molar-refractivity contribution < 1.29 is 14.3 Å². The molecule has 3 heterocycles. The largest absolute Gasteiger partial charge is 0.487 e. The number of Topliss-reactive ketones (excluding diaryl/α,β-unsaturated/α-hetero) is 2. The number of allylic oxidation sites excluding steroid dienone is 1. The second kappa shape index (κ2) is 9.62. The first-order valence-electron chi connectivity index (χ1n) is 11.0. The normalized spacial score (nSPS) is 12.6. The summed E-state index contributed by atoms with van der Waals surface area (Å²) in [5.41, 5.74) is 4.13. The number of pyridine rings is 1. The molecule has 2 aromatic heterocycles. The molecule has 7 nitrogen and oxygen atoms in total. The first-order valence-corrected chi connectivity index (χ1v) is 11.0. The molecule has 0 saturated heterocycles. The Balaban J connectivity index is 1.29. The van der Waals surface area contributed by atoms with E-state index >= 15 is 0 Å². The summed E-state index contributed by atoms with van der Waals surface area (Å²) in [5, 5.41) is 0. The second-order valence-corrected chi connectivity index (χ2v) is 8.05. The van der Waals surface area contributed by atoms with Crippen molar-refractivity contribution in [2.24, 2.45) is 4.99 Å². The number of hydrogen-bond donors (Lipinski definition) is 1. The van der Waals surface area contributed by atoms with Crippen LogP contribution in [0.1, 0.15) is 44.9 Å². The number of fused-ring (bicyclic) bond motifs is 1. The summed E-state index contributed by atoms with van der Waals surface area (Å²) in [4.78, 5) is 41.8. The van der Waals surface area contributed by atoms with Crippen LogP contribution in [0.15, 0.2) is 84.3 Å². The predicted octanol–water partition coefficient (Wildman–Crippen LogP) is 4.89. The molecule has 7 heteroatoms. The number of para-hydroxylation sites is 1. The number of ether oxygens (including phenoxy) is 1. The van der Waals surface area contributed by atoms with Crippen molar-refractivity contribution in [3.63, 3.8) is 0 Å². The van der Waals surface area contributed by atoms with Crippen molar-refractivity contribution in [3.05, 3.63) is 102 Å². The molecule has 0 atom stereocenters. The van der Waals surface area contributed by atoms with Gasteiger partial charge in [0.25, 0.3) is 0 Å². The highest BCUT2D eigenvalue weighted by Gasteiger charge is 2.18. The molecule has 34 heavy (non-hydrogen) atoms. The number of nitrogens with zero attached hydrogens (tertiary/aromatic N) is 3. The van der Waals surface area contributed by atoms with Gasteiger partial charge in [0, 0.05) is 42.1 Å². The first kappa shape index (κ1) is 21.5. The van der Waals surface area contributed by atoms with Crippen LogP contribution in [0.25, 0.3) is 11.0 Å². The summed E-state index contributed by atoms with van der Waals surface area (Å²) >= 11 is 0. The summed E-state index contributed by atoms with van der Waals surface area (Å²) in [6.45, 7) is 0.392. The number of nitrogens with one attached hydrogen (secondary N) is 1. The topological polar surface area (TPSA) is 97.3 Å². The summed E-state index contributed by atoms with van der Waals surface area (Å²) in [6.07, 6.45) is 7.77. The predicted molar refractivity (Wildman–Crippen MR) is 129 cm³/mol. The van der Waals surface area contributed by atoms with Crippen LogP contribution in [0.4, 0.5) is 0 Å². The lowest BCUT2D eigenvalue weighted by molar-refractivity contribution is 0.0986. The van der Waals surface area contributed by atoms with Crippen LogP contribution in [-0.4, -0.2) is 32.2 Å². The van der Waals surface area contributed by atoms with Crippen LogP contribution in [0, 0.1) is 0 Å². The van der Waals surface area contributed by atoms with Crippen molar-refractivity contribution in [3.8, 4) is 5.75 Å². The second-order valence-electron chi connectivity index (χ2n) is 8.05. The summed E-state index contributed by atoms with van der Waals surface area (Å²) in [5.74, 6) is 0.841. The van der Waals surface area contributed by atoms with Crippen molar-refractivity contribution in [1.29, 1.82) is 0 Å². The van der Waals surface area contributed by atoms with Crippen molar-refractivity contribution in [1.82, 2.24) is 15.0 Å². The summed E-state index contributed by atoms with van der Waals surface area (Å²) in [6, 6.07) is 16.9. The molecule has 0 aliphatic carbocycles. The Morgan fingerprint density at radius 2 is 1.85 bits per heavy atom. The van der Waals surface area contributed by atoms with E-state index in [-0.39, 0.29) is 24.4 Å². The van der Waals surface area contributed by atoms with Gasteiger partial charge in [-0.2, -0.15) is 0 Å². The lowest BCUT2D eigenvalue weighted by atomic mass is 10.0. The fourth-order valence-corrected chi connectivity index (χ4v) is 3.84. The molecule has 168 valence electrons. The van der Waals surface area contributed by atoms with Crippen molar-refractivity contribution >= 4 is 28.3 Å². The maximum absolute atomic E-state index is 12.9. The number of imidazole rings is 1. The molecule has 1 N–H and O–H groups in total. The zero-order valence-electron chi connectivity index (χ0n) is 18.4. The van der Waals surface area contributed by atoms with E-state index in [1.54, 1.807) is 24.5 Å². The number of ketones is 2. The Kier molecular flexibility index (Phi) is 6.07. The highest BCUT2D eigenvalue weighted by atomic mass is 16.5. The quantitative estimate of drug-likeness (QED) is 0.366. The molecular weight excluding hydrogens is 428 g/mol. The fraction of sp³-hybridized carbons (Fsp3) is 0.148. The Morgan fingerprint density at radius 1 is 0.971 bits per heavy atom. The average molecular weight is 450 g/mol. The third-order valence-corrected chi connectivity index (χ3v) is 5.55. The van der Waals surface area contributed by atoms with Crippen LogP contribution < -0.4 is 4.74 Å². The molecule has 5 rings (SSSR count). The van der Waals surface area contributed by atoms with E-state index < -0.39 is 0 Å². The van der Waals surface area contributed by atoms with Gasteiger partial charge in [-0.25, -0.2) is 4.98 Å². The number of aromatic amines is 1. The van der Waals surface area contributed by atoms with E-state index in [9.17, 15) is 9.59 Å². The molecule has 0 spiro atoms. The van der Waals surface area contributed by atoms with Gasteiger partial charge in [0.1, 0.15) is 18.2 Å². The van der Waals surface area contributed by atoms with Gasteiger partial charge >= 0.3 is 0 Å².